The minimum absolute atomic E-state index is 0.0187. The molecule has 2 aliphatic rings. The van der Waals surface area contributed by atoms with Crippen molar-refractivity contribution in [2.24, 2.45) is 0 Å². The molecular formula is C35H31ClFN5O5. The lowest BCUT2D eigenvalue weighted by molar-refractivity contribution is -0.113. The fourth-order valence-electron chi connectivity index (χ4n) is 6.13. The van der Waals surface area contributed by atoms with Gasteiger partial charge < -0.3 is 19.6 Å². The quantitative estimate of drug-likeness (QED) is 0.183. The predicted molar refractivity (Wildman–Crippen MR) is 172 cm³/mol. The topological polar surface area (TPSA) is 142 Å². The third kappa shape index (κ3) is 5.97. The Morgan fingerprint density at radius 1 is 1.32 bits per heavy atom. The number of benzene rings is 2. The van der Waals surface area contributed by atoms with E-state index in [0.717, 1.165) is 16.7 Å². The number of hydrogen-bond donors (Lipinski definition) is 2. The molecule has 1 fully saturated rings. The highest BCUT2D eigenvalue weighted by atomic mass is 35.5. The lowest BCUT2D eigenvalue weighted by atomic mass is 9.81. The highest BCUT2D eigenvalue weighted by molar-refractivity contribution is 6.28. The number of pyridine rings is 1. The van der Waals surface area contributed by atoms with Crippen molar-refractivity contribution < 1.29 is 28.2 Å². The average Bonchev–Trinajstić information content (AvgIpc) is 3.50. The van der Waals surface area contributed by atoms with E-state index in [1.54, 1.807) is 24.3 Å². The van der Waals surface area contributed by atoms with Gasteiger partial charge in [-0.1, -0.05) is 36.4 Å². The number of methoxy groups -OCH3 is 1. The Hall–Kier alpha value is -4.73. The van der Waals surface area contributed by atoms with Crippen LogP contribution in [0.15, 0.2) is 71.3 Å². The number of nitriles is 1. The average molecular weight is 656 g/mol. The minimum Gasteiger partial charge on any atom is -0.436 e. The van der Waals surface area contributed by atoms with Crippen molar-refractivity contribution in [2.75, 3.05) is 26.9 Å². The predicted octanol–water partition coefficient (Wildman–Crippen LogP) is 4.76. The van der Waals surface area contributed by atoms with Gasteiger partial charge in [-0.25, -0.2) is 9.37 Å². The van der Waals surface area contributed by atoms with E-state index in [-0.39, 0.29) is 42.4 Å². The van der Waals surface area contributed by atoms with Crippen molar-refractivity contribution in [3.05, 3.63) is 112 Å². The molecule has 0 saturated carbocycles. The zero-order valence-corrected chi connectivity index (χ0v) is 26.4. The molecule has 0 radical (unpaired) electrons. The third-order valence-electron chi connectivity index (χ3n) is 8.48. The lowest BCUT2D eigenvalue weighted by Gasteiger charge is -2.44. The summed E-state index contributed by atoms with van der Waals surface area (Å²) in [6.07, 6.45) is 7.27. The largest absolute Gasteiger partial charge is 0.436 e. The van der Waals surface area contributed by atoms with Gasteiger partial charge in [0.1, 0.15) is 29.6 Å². The fourth-order valence-corrected chi connectivity index (χ4v) is 6.54. The van der Waals surface area contributed by atoms with Gasteiger partial charge in [-0.15, -0.1) is 11.6 Å². The summed E-state index contributed by atoms with van der Waals surface area (Å²) in [5, 5.41) is 22.2. The van der Waals surface area contributed by atoms with Crippen LogP contribution in [0.25, 0.3) is 16.7 Å². The Kier molecular flexibility index (Phi) is 8.78. The first kappa shape index (κ1) is 32.2. The Balaban J connectivity index is 1.43. The summed E-state index contributed by atoms with van der Waals surface area (Å²) < 4.78 is 24.7. The molecule has 3 heterocycles. The molecule has 1 saturated heterocycles. The SMILES string of the molecule is COCc1cc(C(=O)NC2(c3nc4cc(CN5CC(O)(CF)C5)cc(C#N)c4o3)C=CC=C(c3ccccc3C)C2Cl)ncc1C=O. The Morgan fingerprint density at radius 2 is 2.11 bits per heavy atom. The van der Waals surface area contributed by atoms with E-state index in [0.29, 0.717) is 35.0 Å². The summed E-state index contributed by atoms with van der Waals surface area (Å²) in [6.45, 7) is 1.92. The number of allylic oxidation sites excluding steroid dienone is 2. The molecule has 47 heavy (non-hydrogen) atoms. The maximum atomic E-state index is 13.9. The number of aliphatic hydroxyl groups is 1. The lowest BCUT2D eigenvalue weighted by Crippen LogP contribution is -2.62. The summed E-state index contributed by atoms with van der Waals surface area (Å²) in [5.74, 6) is -0.565. The second-order valence-corrected chi connectivity index (χ2v) is 12.4. The van der Waals surface area contributed by atoms with Crippen molar-refractivity contribution in [1.82, 2.24) is 20.2 Å². The van der Waals surface area contributed by atoms with E-state index in [4.69, 9.17) is 25.7 Å². The van der Waals surface area contributed by atoms with Gasteiger partial charge in [0, 0.05) is 38.5 Å². The van der Waals surface area contributed by atoms with Gasteiger partial charge in [-0.3, -0.25) is 19.5 Å². The first-order valence-electron chi connectivity index (χ1n) is 14.8. The number of carbonyl (C=O) groups is 2. The highest BCUT2D eigenvalue weighted by Crippen LogP contribution is 2.43. The molecule has 4 aromatic rings. The molecule has 10 nitrogen and oxygen atoms in total. The van der Waals surface area contributed by atoms with E-state index in [9.17, 15) is 24.3 Å². The zero-order chi connectivity index (χ0) is 33.3. The second-order valence-electron chi connectivity index (χ2n) is 11.9. The van der Waals surface area contributed by atoms with Gasteiger partial charge in [0.2, 0.25) is 5.89 Å². The molecule has 2 aromatic carbocycles. The molecule has 6 rings (SSSR count). The number of halogens is 2. The number of β-amino-alcohol motifs (C(OH)–C–C–N with tert-alkyl or cyclic N) is 1. The number of likely N-dealkylation sites (tertiary alicyclic amines) is 1. The van der Waals surface area contributed by atoms with Crippen LogP contribution in [0.4, 0.5) is 4.39 Å². The number of nitrogens with one attached hydrogen (secondary N) is 1. The van der Waals surface area contributed by atoms with Gasteiger partial charge >= 0.3 is 0 Å². The van der Waals surface area contributed by atoms with Crippen molar-refractivity contribution in [3.63, 3.8) is 0 Å². The number of ether oxygens (including phenoxy) is 1. The number of hydrogen-bond acceptors (Lipinski definition) is 9. The van der Waals surface area contributed by atoms with Crippen LogP contribution in [0.3, 0.4) is 0 Å². The standard InChI is InChI=1S/C35H31ClFN5O5/c1-21-6-3-4-7-26(21)27-8-5-9-35(31(27)36,41-32(44)29-12-24(17-46-2)25(16-43)14-39-29)33-40-28-11-22(10-23(13-38)30(28)47-33)15-42-19-34(45,18-37)20-42/h3-12,14,16,31,45H,15,17-20H2,1-2H3,(H,41,44). The molecule has 2 unspecified atom stereocenters. The number of carbonyl (C=O) groups excluding carboxylic acids is 2. The van der Waals surface area contributed by atoms with E-state index < -0.39 is 29.1 Å². The number of rotatable bonds is 10. The van der Waals surface area contributed by atoms with Crippen molar-refractivity contribution in [1.29, 1.82) is 5.26 Å². The van der Waals surface area contributed by atoms with Crippen LogP contribution in [-0.4, -0.2) is 70.0 Å². The van der Waals surface area contributed by atoms with Crippen LogP contribution in [0, 0.1) is 18.3 Å². The molecule has 1 aliphatic heterocycles. The summed E-state index contributed by atoms with van der Waals surface area (Å²) >= 11 is 7.33. The fraction of sp³-hybridized carbons (Fsp3) is 0.286. The Morgan fingerprint density at radius 3 is 2.81 bits per heavy atom. The van der Waals surface area contributed by atoms with Crippen LogP contribution < -0.4 is 5.32 Å². The van der Waals surface area contributed by atoms with Crippen molar-refractivity contribution >= 4 is 40.5 Å². The molecule has 2 aromatic heterocycles. The van der Waals surface area contributed by atoms with E-state index in [1.807, 2.05) is 42.2 Å². The number of aldehydes is 1. The maximum Gasteiger partial charge on any atom is 0.271 e. The van der Waals surface area contributed by atoms with Gasteiger partial charge in [0.05, 0.1) is 17.5 Å². The molecular weight excluding hydrogens is 625 g/mol. The number of nitrogens with zero attached hydrogens (tertiary/aromatic N) is 4. The molecule has 2 N–H and O–H groups in total. The number of amides is 1. The number of aryl methyl sites for hydroxylation is 1. The third-order valence-corrected chi connectivity index (χ3v) is 9.06. The number of oxazole rings is 1. The van der Waals surface area contributed by atoms with Crippen LogP contribution in [0.1, 0.15) is 54.6 Å². The molecule has 1 amide bonds. The first-order chi connectivity index (χ1) is 22.6. The first-order valence-corrected chi connectivity index (χ1v) is 15.3. The van der Waals surface area contributed by atoms with Crippen molar-refractivity contribution in [3.8, 4) is 6.07 Å². The summed E-state index contributed by atoms with van der Waals surface area (Å²) in [4.78, 5) is 36.4. The van der Waals surface area contributed by atoms with E-state index in [2.05, 4.69) is 16.4 Å². The molecule has 0 spiro atoms. The Bertz CT molecular complexity index is 1980. The second kappa shape index (κ2) is 12.8. The van der Waals surface area contributed by atoms with Gasteiger partial charge in [0.25, 0.3) is 5.91 Å². The van der Waals surface area contributed by atoms with Crippen LogP contribution in [0.2, 0.25) is 0 Å². The highest BCUT2D eigenvalue weighted by Gasteiger charge is 2.47. The molecule has 2 atom stereocenters. The maximum absolute atomic E-state index is 13.9. The minimum atomic E-state index is -1.54. The van der Waals surface area contributed by atoms with E-state index in [1.165, 1.54) is 19.4 Å². The summed E-state index contributed by atoms with van der Waals surface area (Å²) in [5.41, 5.74) is 1.96. The molecule has 240 valence electrons. The Labute approximate surface area is 275 Å². The van der Waals surface area contributed by atoms with E-state index >= 15 is 0 Å². The number of alkyl halides is 2. The smallest absolute Gasteiger partial charge is 0.271 e. The molecule has 12 heteroatoms. The molecule has 0 bridgehead atoms. The number of aromatic nitrogens is 2. The van der Waals surface area contributed by atoms with Crippen LogP contribution in [0.5, 0.6) is 0 Å². The van der Waals surface area contributed by atoms with Gasteiger partial charge in [0.15, 0.2) is 17.4 Å². The normalized spacial score (nSPS) is 20.3. The summed E-state index contributed by atoms with van der Waals surface area (Å²) in [6, 6.07) is 14.8. The van der Waals surface area contributed by atoms with Crippen LogP contribution >= 0.6 is 11.6 Å². The summed E-state index contributed by atoms with van der Waals surface area (Å²) in [7, 11) is 1.48. The van der Waals surface area contributed by atoms with Gasteiger partial charge in [-0.05, 0) is 59.0 Å². The van der Waals surface area contributed by atoms with Gasteiger partial charge in [-0.2, -0.15) is 5.26 Å². The van der Waals surface area contributed by atoms with Crippen molar-refractivity contribution in [2.45, 2.75) is 36.6 Å². The zero-order valence-electron chi connectivity index (χ0n) is 25.7. The number of fused-ring (bicyclic) bond motifs is 1. The monoisotopic (exact) mass is 655 g/mol. The molecule has 1 aliphatic carbocycles. The van der Waals surface area contributed by atoms with Crippen LogP contribution in [-0.2, 0) is 23.4 Å².